The van der Waals surface area contributed by atoms with Crippen molar-refractivity contribution in [2.24, 2.45) is 11.8 Å². The second-order valence-electron chi connectivity index (χ2n) is 7.17. The maximum Gasteiger partial charge on any atom is 0.410 e. The van der Waals surface area contributed by atoms with E-state index in [-0.39, 0.29) is 18.0 Å². The van der Waals surface area contributed by atoms with E-state index in [2.05, 4.69) is 0 Å². The molecule has 5 heteroatoms. The van der Waals surface area contributed by atoms with E-state index in [0.717, 1.165) is 25.2 Å². The van der Waals surface area contributed by atoms with Crippen LogP contribution in [0, 0.1) is 11.8 Å². The number of carbonyl (C=O) groups excluding carboxylic acids is 2. The third kappa shape index (κ3) is 5.56. The Morgan fingerprint density at radius 2 is 1.90 bits per heavy atom. The van der Waals surface area contributed by atoms with Crippen LogP contribution in [-0.2, 0) is 14.3 Å². The van der Waals surface area contributed by atoms with Crippen molar-refractivity contribution in [1.29, 1.82) is 0 Å². The molecule has 120 valence electrons. The molecule has 1 aliphatic carbocycles. The highest BCUT2D eigenvalue weighted by atomic mass is 16.6. The van der Waals surface area contributed by atoms with Gasteiger partial charge in [0.15, 0.2) is 0 Å². The summed E-state index contributed by atoms with van der Waals surface area (Å²) in [5.41, 5.74) is -0.505. The van der Waals surface area contributed by atoms with E-state index in [0.29, 0.717) is 19.7 Å². The normalized spacial score (nSPS) is 22.8. The van der Waals surface area contributed by atoms with Gasteiger partial charge in [-0.1, -0.05) is 12.8 Å². The molecular formula is C16H27NO4. The molecular weight excluding hydrogens is 270 g/mol. The first kappa shape index (κ1) is 16.1. The van der Waals surface area contributed by atoms with Crippen molar-refractivity contribution >= 4 is 12.1 Å². The lowest BCUT2D eigenvalue weighted by Gasteiger charge is -2.33. The lowest BCUT2D eigenvalue weighted by Crippen LogP contribution is -2.45. The number of rotatable bonds is 4. The van der Waals surface area contributed by atoms with Gasteiger partial charge in [-0.2, -0.15) is 0 Å². The maximum absolute atomic E-state index is 12.1. The zero-order valence-electron chi connectivity index (χ0n) is 13.4. The highest BCUT2D eigenvalue weighted by molar-refractivity contribution is 5.75. The van der Waals surface area contributed by atoms with Crippen LogP contribution in [0.25, 0.3) is 0 Å². The summed E-state index contributed by atoms with van der Waals surface area (Å²) in [6, 6.07) is 0. The monoisotopic (exact) mass is 297 g/mol. The third-order valence-electron chi connectivity index (χ3n) is 3.87. The first-order valence-corrected chi connectivity index (χ1v) is 8.00. The second kappa shape index (κ2) is 6.67. The molecule has 0 aromatic rings. The molecule has 1 aliphatic heterocycles. The van der Waals surface area contributed by atoms with Crippen molar-refractivity contribution in [3.8, 4) is 0 Å². The van der Waals surface area contributed by atoms with Crippen molar-refractivity contribution in [1.82, 2.24) is 4.90 Å². The molecule has 1 unspecified atom stereocenters. The topological polar surface area (TPSA) is 55.8 Å². The smallest absolute Gasteiger partial charge is 0.410 e. The van der Waals surface area contributed by atoms with Crippen LogP contribution >= 0.6 is 0 Å². The molecule has 0 aromatic carbocycles. The number of amides is 1. The average Bonchev–Trinajstić information content (AvgIpc) is 3.21. The van der Waals surface area contributed by atoms with E-state index < -0.39 is 5.60 Å². The number of piperidine rings is 1. The van der Waals surface area contributed by atoms with E-state index in [4.69, 9.17) is 9.47 Å². The van der Waals surface area contributed by atoms with Gasteiger partial charge in [-0.3, -0.25) is 4.79 Å². The van der Waals surface area contributed by atoms with Crippen LogP contribution in [0.2, 0.25) is 0 Å². The molecule has 21 heavy (non-hydrogen) atoms. The lowest BCUT2D eigenvalue weighted by molar-refractivity contribution is -0.150. The maximum atomic E-state index is 12.1. The predicted molar refractivity (Wildman–Crippen MR) is 78.8 cm³/mol. The Hall–Kier alpha value is -1.26. The molecule has 0 radical (unpaired) electrons. The Balaban J connectivity index is 1.76. The Labute approximate surface area is 127 Å². The number of likely N-dealkylation sites (tertiary alicyclic amines) is 1. The Kier molecular flexibility index (Phi) is 5.12. The van der Waals surface area contributed by atoms with E-state index in [1.807, 2.05) is 20.8 Å². The molecule has 2 aliphatic rings. The van der Waals surface area contributed by atoms with Crippen molar-refractivity contribution in [2.45, 2.75) is 58.5 Å². The fraction of sp³-hybridized carbons (Fsp3) is 0.875. The lowest BCUT2D eigenvalue weighted by atomic mass is 9.98. The van der Waals surface area contributed by atoms with Gasteiger partial charge in [-0.05, 0) is 46.0 Å². The molecule has 0 N–H and O–H groups in total. The van der Waals surface area contributed by atoms with Gasteiger partial charge in [0.2, 0.25) is 0 Å². The average molecular weight is 297 g/mol. The Bertz CT molecular complexity index is 384. The van der Waals surface area contributed by atoms with Gasteiger partial charge in [0.1, 0.15) is 5.60 Å². The van der Waals surface area contributed by atoms with Gasteiger partial charge in [0, 0.05) is 13.1 Å². The van der Waals surface area contributed by atoms with Crippen LogP contribution in [0.1, 0.15) is 52.9 Å². The number of hydrogen-bond donors (Lipinski definition) is 0. The van der Waals surface area contributed by atoms with Crippen molar-refractivity contribution < 1.29 is 19.1 Å². The molecule has 1 heterocycles. The molecule has 2 fully saturated rings. The van der Waals surface area contributed by atoms with Crippen molar-refractivity contribution in [3.63, 3.8) is 0 Å². The summed E-state index contributed by atoms with van der Waals surface area (Å²) in [6.07, 6.45) is 4.80. The summed E-state index contributed by atoms with van der Waals surface area (Å²) < 4.78 is 10.7. The summed E-state index contributed by atoms with van der Waals surface area (Å²) in [7, 11) is 0. The molecule has 0 aromatic heterocycles. The van der Waals surface area contributed by atoms with Crippen LogP contribution in [-0.4, -0.2) is 42.3 Å². The van der Waals surface area contributed by atoms with Crippen LogP contribution in [0.5, 0.6) is 0 Å². The summed E-state index contributed by atoms with van der Waals surface area (Å²) in [4.78, 5) is 25.7. The number of hydrogen-bond acceptors (Lipinski definition) is 4. The van der Waals surface area contributed by atoms with Crippen LogP contribution < -0.4 is 0 Å². The van der Waals surface area contributed by atoms with Crippen LogP contribution in [0.4, 0.5) is 4.79 Å². The number of nitrogens with zero attached hydrogens (tertiary/aromatic N) is 1. The molecule has 0 spiro atoms. The number of esters is 1. The third-order valence-corrected chi connectivity index (χ3v) is 3.87. The number of ether oxygens (including phenoxy) is 2. The molecule has 2 rings (SSSR count). The zero-order valence-corrected chi connectivity index (χ0v) is 13.4. The van der Waals surface area contributed by atoms with Gasteiger partial charge >= 0.3 is 12.1 Å². The molecule has 5 nitrogen and oxygen atoms in total. The first-order chi connectivity index (χ1) is 9.85. The van der Waals surface area contributed by atoms with Gasteiger partial charge in [0.25, 0.3) is 0 Å². The summed E-state index contributed by atoms with van der Waals surface area (Å²) in [6.45, 7) is 7.12. The van der Waals surface area contributed by atoms with Gasteiger partial charge in [0.05, 0.1) is 12.5 Å². The largest absolute Gasteiger partial charge is 0.465 e. The number of carbonyl (C=O) groups is 2. The van der Waals surface area contributed by atoms with E-state index >= 15 is 0 Å². The molecule has 0 bridgehead atoms. The van der Waals surface area contributed by atoms with E-state index in [9.17, 15) is 9.59 Å². The zero-order chi connectivity index (χ0) is 15.5. The molecule has 1 atom stereocenters. The minimum atomic E-state index is -0.505. The van der Waals surface area contributed by atoms with Crippen molar-refractivity contribution in [3.05, 3.63) is 0 Å². The molecule has 1 saturated carbocycles. The standard InChI is InChI=1S/C16H27NO4/c1-16(2,3)21-15(19)17-9-4-5-13(11-17)14(18)20-10-8-12-6-7-12/h12-13H,4-11H2,1-3H3. The van der Waals surface area contributed by atoms with Gasteiger partial charge < -0.3 is 14.4 Å². The SMILES string of the molecule is CC(C)(C)OC(=O)N1CCCC(C(=O)OCCC2CC2)C1. The highest BCUT2D eigenvalue weighted by Gasteiger charge is 2.32. The molecule has 1 saturated heterocycles. The first-order valence-electron chi connectivity index (χ1n) is 8.00. The second-order valence-corrected chi connectivity index (χ2v) is 7.17. The van der Waals surface area contributed by atoms with Gasteiger partial charge in [-0.15, -0.1) is 0 Å². The summed E-state index contributed by atoms with van der Waals surface area (Å²) >= 11 is 0. The molecule has 1 amide bonds. The fourth-order valence-electron chi connectivity index (χ4n) is 2.51. The van der Waals surface area contributed by atoms with Crippen LogP contribution in [0.15, 0.2) is 0 Å². The Morgan fingerprint density at radius 3 is 2.52 bits per heavy atom. The predicted octanol–water partition coefficient (Wildman–Crippen LogP) is 2.98. The summed E-state index contributed by atoms with van der Waals surface area (Å²) in [5.74, 6) is 0.400. The minimum Gasteiger partial charge on any atom is -0.465 e. The quantitative estimate of drug-likeness (QED) is 0.749. The highest BCUT2D eigenvalue weighted by Crippen LogP contribution is 2.32. The van der Waals surface area contributed by atoms with Crippen LogP contribution in [0.3, 0.4) is 0 Å². The van der Waals surface area contributed by atoms with E-state index in [1.54, 1.807) is 4.90 Å². The van der Waals surface area contributed by atoms with Gasteiger partial charge in [-0.25, -0.2) is 4.79 Å². The fourth-order valence-corrected chi connectivity index (χ4v) is 2.51. The Morgan fingerprint density at radius 1 is 1.19 bits per heavy atom. The minimum absolute atomic E-state index is 0.163. The van der Waals surface area contributed by atoms with E-state index in [1.165, 1.54) is 12.8 Å². The summed E-state index contributed by atoms with van der Waals surface area (Å²) in [5, 5.41) is 0. The van der Waals surface area contributed by atoms with Crippen molar-refractivity contribution in [2.75, 3.05) is 19.7 Å².